The highest BCUT2D eigenvalue weighted by Crippen LogP contribution is 2.28. The Balaban J connectivity index is 0.00000180. The molecule has 0 aliphatic carbocycles. The van der Waals surface area contributed by atoms with Crippen LogP contribution >= 0.6 is 35.1 Å². The Bertz CT molecular complexity index is 511. The van der Waals surface area contributed by atoms with E-state index in [4.69, 9.17) is 5.73 Å². The van der Waals surface area contributed by atoms with Crippen molar-refractivity contribution < 1.29 is 4.79 Å². The average molecular weight is 318 g/mol. The van der Waals surface area contributed by atoms with Crippen molar-refractivity contribution in [3.8, 4) is 10.6 Å². The van der Waals surface area contributed by atoms with E-state index in [1.165, 1.54) is 11.3 Å². The Kier molecular flexibility index (Phi) is 6.44. The van der Waals surface area contributed by atoms with E-state index in [0.717, 1.165) is 10.6 Å². The number of nitrogens with zero attached hydrogens (tertiary/aromatic N) is 1. The fraction of sp³-hybridized carbons (Fsp3) is 0.333. The van der Waals surface area contributed by atoms with Gasteiger partial charge in [0.2, 0.25) is 5.91 Å². The summed E-state index contributed by atoms with van der Waals surface area (Å²) in [5, 5.41) is 7.40. The second-order valence-corrected chi connectivity index (χ2v) is 5.89. The molecule has 19 heavy (non-hydrogen) atoms. The fourth-order valence-corrected chi connectivity index (χ4v) is 2.90. The summed E-state index contributed by atoms with van der Waals surface area (Å²) in [7, 11) is 0. The summed E-state index contributed by atoms with van der Waals surface area (Å²) in [6.45, 7) is 1.89. The van der Waals surface area contributed by atoms with Crippen LogP contribution in [0.15, 0.2) is 22.9 Å². The van der Waals surface area contributed by atoms with Crippen molar-refractivity contribution in [2.45, 2.75) is 25.8 Å². The Morgan fingerprint density at radius 1 is 1.53 bits per heavy atom. The van der Waals surface area contributed by atoms with Crippen LogP contribution in [0.5, 0.6) is 0 Å². The minimum Gasteiger partial charge on any atom is -0.328 e. The van der Waals surface area contributed by atoms with Gasteiger partial charge in [-0.3, -0.25) is 4.79 Å². The lowest BCUT2D eigenvalue weighted by atomic mass is 10.2. The molecule has 0 saturated carbocycles. The van der Waals surface area contributed by atoms with E-state index < -0.39 is 0 Å². The average Bonchev–Trinajstić information content (AvgIpc) is 2.95. The second-order valence-electron chi connectivity index (χ2n) is 4.08. The molecule has 0 spiro atoms. The van der Waals surface area contributed by atoms with Crippen molar-refractivity contribution in [1.29, 1.82) is 0 Å². The molecule has 4 nitrogen and oxygen atoms in total. The molecule has 1 amide bonds. The number of anilines is 1. The van der Waals surface area contributed by atoms with Gasteiger partial charge in [0.15, 0.2) is 5.13 Å². The molecule has 0 aliphatic heterocycles. The standard InChI is InChI=1S/C12H15N3OS2.ClH/c1-8(13)4-5-11(16)15-12-14-9(7-18-12)10-3-2-6-17-10;/h2-3,6-8H,4-5,13H2,1H3,(H,14,15,16);1H. The number of hydrogen-bond acceptors (Lipinski definition) is 5. The summed E-state index contributed by atoms with van der Waals surface area (Å²) in [5.41, 5.74) is 6.53. The number of thiazole rings is 1. The van der Waals surface area contributed by atoms with Crippen LogP contribution in [-0.4, -0.2) is 16.9 Å². The maximum absolute atomic E-state index is 11.6. The second kappa shape index (κ2) is 7.59. The summed E-state index contributed by atoms with van der Waals surface area (Å²) >= 11 is 3.08. The first kappa shape index (κ1) is 16.1. The number of rotatable bonds is 5. The zero-order chi connectivity index (χ0) is 13.0. The molecule has 0 bridgehead atoms. The zero-order valence-electron chi connectivity index (χ0n) is 10.5. The molecule has 2 rings (SSSR count). The predicted octanol–water partition coefficient (Wildman–Crippen LogP) is 3.36. The molecule has 104 valence electrons. The number of carbonyl (C=O) groups is 1. The van der Waals surface area contributed by atoms with E-state index in [0.29, 0.717) is 18.0 Å². The van der Waals surface area contributed by atoms with E-state index in [-0.39, 0.29) is 24.4 Å². The van der Waals surface area contributed by atoms with Crippen molar-refractivity contribution in [2.75, 3.05) is 5.32 Å². The monoisotopic (exact) mass is 317 g/mol. The van der Waals surface area contributed by atoms with Gasteiger partial charge in [-0.25, -0.2) is 4.98 Å². The number of carbonyl (C=O) groups excluding carboxylic acids is 1. The first-order chi connectivity index (χ1) is 8.65. The first-order valence-corrected chi connectivity index (χ1v) is 7.46. The van der Waals surface area contributed by atoms with Crippen molar-refractivity contribution in [3.63, 3.8) is 0 Å². The molecule has 0 aliphatic rings. The van der Waals surface area contributed by atoms with Crippen LogP contribution in [0.4, 0.5) is 5.13 Å². The van der Waals surface area contributed by atoms with Gasteiger partial charge < -0.3 is 11.1 Å². The normalized spacial score (nSPS) is 11.7. The third-order valence-electron chi connectivity index (χ3n) is 2.35. The fourth-order valence-electron chi connectivity index (χ4n) is 1.41. The van der Waals surface area contributed by atoms with Gasteiger partial charge in [-0.15, -0.1) is 35.1 Å². The SMILES string of the molecule is CC(N)CCC(=O)Nc1nc(-c2cccs2)cs1.Cl. The van der Waals surface area contributed by atoms with E-state index in [2.05, 4.69) is 10.3 Å². The Labute approximate surface area is 126 Å². The number of nitrogens with two attached hydrogens (primary N) is 1. The Morgan fingerprint density at radius 2 is 2.32 bits per heavy atom. The van der Waals surface area contributed by atoms with E-state index in [1.54, 1.807) is 11.3 Å². The van der Waals surface area contributed by atoms with Crippen molar-refractivity contribution in [3.05, 3.63) is 22.9 Å². The van der Waals surface area contributed by atoms with Crippen molar-refractivity contribution in [2.24, 2.45) is 5.73 Å². The van der Waals surface area contributed by atoms with Gasteiger partial charge in [0.05, 0.1) is 10.6 Å². The van der Waals surface area contributed by atoms with Gasteiger partial charge in [0, 0.05) is 17.8 Å². The zero-order valence-corrected chi connectivity index (χ0v) is 12.9. The number of halogens is 1. The van der Waals surface area contributed by atoms with Crippen LogP contribution in [0.1, 0.15) is 19.8 Å². The van der Waals surface area contributed by atoms with Gasteiger partial charge >= 0.3 is 0 Å². The third-order valence-corrected chi connectivity index (χ3v) is 4.00. The summed E-state index contributed by atoms with van der Waals surface area (Å²) < 4.78 is 0. The first-order valence-electron chi connectivity index (χ1n) is 5.70. The number of thiophene rings is 1. The molecular weight excluding hydrogens is 302 g/mol. The van der Waals surface area contributed by atoms with Crippen LogP contribution in [0.3, 0.4) is 0 Å². The molecule has 0 radical (unpaired) electrons. The smallest absolute Gasteiger partial charge is 0.226 e. The molecule has 3 N–H and O–H groups in total. The number of amides is 1. The maximum Gasteiger partial charge on any atom is 0.226 e. The van der Waals surface area contributed by atoms with E-state index >= 15 is 0 Å². The number of nitrogens with one attached hydrogen (secondary N) is 1. The summed E-state index contributed by atoms with van der Waals surface area (Å²) in [6, 6.07) is 4.05. The van der Waals surface area contributed by atoms with E-state index in [9.17, 15) is 4.79 Å². The van der Waals surface area contributed by atoms with Gasteiger partial charge in [0.25, 0.3) is 0 Å². The summed E-state index contributed by atoms with van der Waals surface area (Å²) in [5.74, 6) is -0.0284. The van der Waals surface area contributed by atoms with Gasteiger partial charge in [-0.05, 0) is 24.8 Å². The quantitative estimate of drug-likeness (QED) is 0.888. The lowest BCUT2D eigenvalue weighted by molar-refractivity contribution is -0.116. The highest BCUT2D eigenvalue weighted by atomic mass is 35.5. The molecule has 2 aromatic rings. The maximum atomic E-state index is 11.6. The van der Waals surface area contributed by atoms with E-state index in [1.807, 2.05) is 29.8 Å². The molecule has 2 aromatic heterocycles. The molecule has 0 aromatic carbocycles. The molecule has 2 heterocycles. The van der Waals surface area contributed by atoms with Gasteiger partial charge in [-0.2, -0.15) is 0 Å². The van der Waals surface area contributed by atoms with Crippen molar-refractivity contribution in [1.82, 2.24) is 4.98 Å². The van der Waals surface area contributed by atoms with Crippen LogP contribution < -0.4 is 11.1 Å². The van der Waals surface area contributed by atoms with Crippen LogP contribution in [-0.2, 0) is 4.79 Å². The predicted molar refractivity (Wildman–Crippen MR) is 84.2 cm³/mol. The summed E-state index contributed by atoms with van der Waals surface area (Å²) in [4.78, 5) is 17.1. The van der Waals surface area contributed by atoms with Crippen molar-refractivity contribution >= 4 is 46.1 Å². The van der Waals surface area contributed by atoms with Gasteiger partial charge in [0.1, 0.15) is 0 Å². The Morgan fingerprint density at radius 3 is 2.95 bits per heavy atom. The van der Waals surface area contributed by atoms with Crippen LogP contribution in [0.25, 0.3) is 10.6 Å². The molecular formula is C12H16ClN3OS2. The Hall–Kier alpha value is -0.950. The minimum absolute atomic E-state index is 0. The largest absolute Gasteiger partial charge is 0.328 e. The highest BCUT2D eigenvalue weighted by molar-refractivity contribution is 7.16. The lowest BCUT2D eigenvalue weighted by Gasteiger charge is -2.04. The molecule has 7 heteroatoms. The molecule has 0 saturated heterocycles. The number of aromatic nitrogens is 1. The molecule has 0 fully saturated rings. The van der Waals surface area contributed by atoms with Crippen LogP contribution in [0.2, 0.25) is 0 Å². The highest BCUT2D eigenvalue weighted by Gasteiger charge is 2.09. The lowest BCUT2D eigenvalue weighted by Crippen LogP contribution is -2.19. The topological polar surface area (TPSA) is 68.0 Å². The third kappa shape index (κ3) is 4.91. The number of hydrogen-bond donors (Lipinski definition) is 2. The van der Waals surface area contributed by atoms with Gasteiger partial charge in [-0.1, -0.05) is 6.07 Å². The van der Waals surface area contributed by atoms with Crippen LogP contribution in [0, 0.1) is 0 Å². The molecule has 1 atom stereocenters. The minimum atomic E-state index is -0.0284. The molecule has 1 unspecified atom stereocenters. The summed E-state index contributed by atoms with van der Waals surface area (Å²) in [6.07, 6.45) is 1.13.